The van der Waals surface area contributed by atoms with Gasteiger partial charge in [-0.1, -0.05) is 0 Å². The highest BCUT2D eigenvalue weighted by Gasteiger charge is 2.05. The summed E-state index contributed by atoms with van der Waals surface area (Å²) in [6, 6.07) is 4.32. The smallest absolute Gasteiger partial charge is 0.150 e. The summed E-state index contributed by atoms with van der Waals surface area (Å²) in [5, 5.41) is 2.90. The lowest BCUT2D eigenvalue weighted by atomic mass is 10.2. The zero-order valence-electron chi connectivity index (χ0n) is 9.86. The van der Waals surface area contributed by atoms with Crippen LogP contribution in [-0.4, -0.2) is 34.1 Å². The SMILES string of the molecule is CNCc1cc(F)cc(OCCS(C)(=O)=O)c1. The van der Waals surface area contributed by atoms with Crippen LogP contribution in [0.5, 0.6) is 5.75 Å². The fourth-order valence-electron chi connectivity index (χ4n) is 1.32. The highest BCUT2D eigenvalue weighted by atomic mass is 32.2. The van der Waals surface area contributed by atoms with Gasteiger partial charge in [-0.25, -0.2) is 12.8 Å². The molecule has 0 atom stereocenters. The molecule has 1 aromatic carbocycles. The van der Waals surface area contributed by atoms with E-state index in [2.05, 4.69) is 5.32 Å². The first-order valence-electron chi connectivity index (χ1n) is 5.15. The minimum absolute atomic E-state index is 0.0290. The molecule has 0 aliphatic heterocycles. The maximum atomic E-state index is 13.2. The quantitative estimate of drug-likeness (QED) is 0.829. The van der Waals surface area contributed by atoms with Gasteiger partial charge in [0.15, 0.2) is 9.84 Å². The Bertz CT molecular complexity index is 474. The number of ether oxygens (including phenoxy) is 1. The third-order valence-electron chi connectivity index (χ3n) is 2.03. The van der Waals surface area contributed by atoms with E-state index in [4.69, 9.17) is 4.74 Å². The first-order valence-corrected chi connectivity index (χ1v) is 7.21. The third-order valence-corrected chi connectivity index (χ3v) is 2.94. The van der Waals surface area contributed by atoms with Crippen LogP contribution in [0.2, 0.25) is 0 Å². The van der Waals surface area contributed by atoms with Crippen molar-refractivity contribution in [2.45, 2.75) is 6.54 Å². The van der Waals surface area contributed by atoms with Gasteiger partial charge in [-0.05, 0) is 24.7 Å². The molecule has 0 saturated carbocycles. The maximum Gasteiger partial charge on any atom is 0.150 e. The normalized spacial score (nSPS) is 11.5. The topological polar surface area (TPSA) is 55.4 Å². The zero-order chi connectivity index (χ0) is 12.9. The van der Waals surface area contributed by atoms with Gasteiger partial charge in [-0.15, -0.1) is 0 Å². The molecule has 0 radical (unpaired) electrons. The van der Waals surface area contributed by atoms with Gasteiger partial charge in [-0.2, -0.15) is 0 Å². The summed E-state index contributed by atoms with van der Waals surface area (Å²) >= 11 is 0. The lowest BCUT2D eigenvalue weighted by Crippen LogP contribution is -2.12. The van der Waals surface area contributed by atoms with E-state index in [1.165, 1.54) is 12.1 Å². The van der Waals surface area contributed by atoms with E-state index in [1.807, 2.05) is 0 Å². The molecule has 17 heavy (non-hydrogen) atoms. The Morgan fingerprint density at radius 2 is 2.06 bits per heavy atom. The first-order chi connectivity index (χ1) is 7.90. The second-order valence-electron chi connectivity index (χ2n) is 3.80. The Labute approximate surface area is 101 Å². The maximum absolute atomic E-state index is 13.2. The van der Waals surface area contributed by atoms with Crippen molar-refractivity contribution in [3.63, 3.8) is 0 Å². The number of hydrogen-bond acceptors (Lipinski definition) is 4. The van der Waals surface area contributed by atoms with Crippen molar-refractivity contribution >= 4 is 9.84 Å². The summed E-state index contributed by atoms with van der Waals surface area (Å²) in [5.41, 5.74) is 0.752. The van der Waals surface area contributed by atoms with Crippen molar-refractivity contribution in [3.8, 4) is 5.75 Å². The lowest BCUT2D eigenvalue weighted by Gasteiger charge is -2.08. The van der Waals surface area contributed by atoms with Gasteiger partial charge in [0, 0.05) is 18.9 Å². The van der Waals surface area contributed by atoms with E-state index in [0.717, 1.165) is 11.8 Å². The number of hydrogen-bond donors (Lipinski definition) is 1. The van der Waals surface area contributed by atoms with Crippen molar-refractivity contribution in [2.24, 2.45) is 0 Å². The molecule has 1 N–H and O–H groups in total. The lowest BCUT2D eigenvalue weighted by molar-refractivity contribution is 0.338. The van der Waals surface area contributed by atoms with Crippen LogP contribution < -0.4 is 10.1 Å². The van der Waals surface area contributed by atoms with E-state index < -0.39 is 15.7 Å². The summed E-state index contributed by atoms with van der Waals surface area (Å²) in [4.78, 5) is 0. The largest absolute Gasteiger partial charge is 0.492 e. The van der Waals surface area contributed by atoms with Crippen LogP contribution in [0.4, 0.5) is 4.39 Å². The molecule has 4 nitrogen and oxygen atoms in total. The van der Waals surface area contributed by atoms with Crippen LogP contribution in [0, 0.1) is 5.82 Å². The van der Waals surface area contributed by atoms with Crippen LogP contribution in [0.15, 0.2) is 18.2 Å². The molecule has 6 heteroatoms. The highest BCUT2D eigenvalue weighted by molar-refractivity contribution is 7.90. The Morgan fingerprint density at radius 1 is 1.35 bits per heavy atom. The number of nitrogens with one attached hydrogen (secondary N) is 1. The molecule has 1 rings (SSSR count). The molecule has 0 saturated heterocycles. The average Bonchev–Trinajstić information content (AvgIpc) is 2.15. The van der Waals surface area contributed by atoms with Gasteiger partial charge in [0.2, 0.25) is 0 Å². The molecular weight excluding hydrogens is 245 g/mol. The van der Waals surface area contributed by atoms with E-state index in [0.29, 0.717) is 12.3 Å². The molecule has 0 aliphatic rings. The summed E-state index contributed by atoms with van der Waals surface area (Å²) in [5.74, 6) is -0.128. The average molecular weight is 261 g/mol. The van der Waals surface area contributed by atoms with Gasteiger partial charge >= 0.3 is 0 Å². The molecule has 96 valence electrons. The van der Waals surface area contributed by atoms with Crippen molar-refractivity contribution in [3.05, 3.63) is 29.6 Å². The van der Waals surface area contributed by atoms with E-state index >= 15 is 0 Å². The Balaban J connectivity index is 2.64. The van der Waals surface area contributed by atoms with Crippen molar-refractivity contribution < 1.29 is 17.5 Å². The van der Waals surface area contributed by atoms with Crippen molar-refractivity contribution in [1.82, 2.24) is 5.32 Å². The highest BCUT2D eigenvalue weighted by Crippen LogP contribution is 2.16. The monoisotopic (exact) mass is 261 g/mol. The first kappa shape index (κ1) is 13.9. The van der Waals surface area contributed by atoms with Crippen LogP contribution in [0.3, 0.4) is 0 Å². The number of sulfone groups is 1. The van der Waals surface area contributed by atoms with E-state index in [9.17, 15) is 12.8 Å². The second-order valence-corrected chi connectivity index (χ2v) is 6.06. The molecule has 0 fully saturated rings. The summed E-state index contributed by atoms with van der Waals surface area (Å²) in [7, 11) is -1.30. The standard InChI is InChI=1S/C11H16FNO3S/c1-13-8-9-5-10(12)7-11(6-9)16-3-4-17(2,14)15/h5-7,13H,3-4,8H2,1-2H3. The molecule has 0 heterocycles. The van der Waals surface area contributed by atoms with E-state index in [1.54, 1.807) is 13.1 Å². The minimum atomic E-state index is -3.06. The zero-order valence-corrected chi connectivity index (χ0v) is 10.7. The van der Waals surface area contributed by atoms with Crippen LogP contribution in [0.1, 0.15) is 5.56 Å². The molecule has 1 aromatic rings. The Kier molecular flexibility index (Phi) is 4.89. The van der Waals surface area contributed by atoms with Crippen LogP contribution >= 0.6 is 0 Å². The predicted molar refractivity (Wildman–Crippen MR) is 64.4 cm³/mol. The molecule has 0 bridgehead atoms. The number of halogens is 1. The van der Waals surface area contributed by atoms with Gasteiger partial charge in [0.05, 0.1) is 5.75 Å². The van der Waals surface area contributed by atoms with Gasteiger partial charge < -0.3 is 10.1 Å². The van der Waals surface area contributed by atoms with Crippen LogP contribution in [-0.2, 0) is 16.4 Å². The summed E-state index contributed by atoms with van der Waals surface area (Å²) in [6.07, 6.45) is 1.13. The molecule has 0 spiro atoms. The summed E-state index contributed by atoms with van der Waals surface area (Å²) in [6.45, 7) is 0.557. The van der Waals surface area contributed by atoms with E-state index in [-0.39, 0.29) is 12.4 Å². The molecular formula is C11H16FNO3S. The fraction of sp³-hybridized carbons (Fsp3) is 0.455. The van der Waals surface area contributed by atoms with Gasteiger partial charge in [0.1, 0.15) is 18.2 Å². The van der Waals surface area contributed by atoms with Crippen molar-refractivity contribution in [1.29, 1.82) is 0 Å². The van der Waals surface area contributed by atoms with Crippen LogP contribution in [0.25, 0.3) is 0 Å². The third kappa shape index (κ3) is 5.65. The Morgan fingerprint density at radius 3 is 2.65 bits per heavy atom. The fourth-order valence-corrected chi connectivity index (χ4v) is 1.71. The Hall–Kier alpha value is -1.14. The molecule has 0 amide bonds. The predicted octanol–water partition coefficient (Wildman–Crippen LogP) is 0.968. The number of benzene rings is 1. The number of rotatable bonds is 6. The molecule has 0 aliphatic carbocycles. The van der Waals surface area contributed by atoms with Gasteiger partial charge in [0.25, 0.3) is 0 Å². The molecule has 0 aromatic heterocycles. The minimum Gasteiger partial charge on any atom is -0.492 e. The van der Waals surface area contributed by atoms with Gasteiger partial charge in [-0.3, -0.25) is 0 Å². The van der Waals surface area contributed by atoms with Crippen molar-refractivity contribution in [2.75, 3.05) is 25.7 Å². The summed E-state index contributed by atoms with van der Waals surface area (Å²) < 4.78 is 40.2. The molecule has 0 unspecified atom stereocenters. The second kappa shape index (κ2) is 5.97.